The molecule has 5 nitrogen and oxygen atoms in total. The van der Waals surface area contributed by atoms with E-state index in [9.17, 15) is 9.90 Å². The predicted octanol–water partition coefficient (Wildman–Crippen LogP) is 2.70. The number of phenolic OH excluding ortho intramolecular Hbond substituents is 1. The molecule has 1 aromatic carbocycles. The van der Waals surface area contributed by atoms with Crippen molar-refractivity contribution in [3.05, 3.63) is 47.2 Å². The molecular weight excluding hydrogens is 268 g/mol. The highest BCUT2D eigenvalue weighted by atomic mass is 16.4. The maximum Gasteiger partial charge on any atom is 0.291 e. The van der Waals surface area contributed by atoms with E-state index < -0.39 is 0 Å². The fourth-order valence-corrected chi connectivity index (χ4v) is 2.20. The fourth-order valence-electron chi connectivity index (χ4n) is 2.20. The molecule has 1 amide bonds. The average Bonchev–Trinajstić information content (AvgIpc) is 2.78. The third kappa shape index (κ3) is 3.42. The molecule has 1 N–H and O–H groups in total. The first-order chi connectivity index (χ1) is 9.88. The van der Waals surface area contributed by atoms with Gasteiger partial charge in [-0.15, -0.1) is 0 Å². The van der Waals surface area contributed by atoms with Crippen LogP contribution >= 0.6 is 0 Å². The quantitative estimate of drug-likeness (QED) is 0.939. The molecule has 2 rings (SSSR count). The Bertz CT molecular complexity index is 631. The Morgan fingerprint density at radius 1 is 1.33 bits per heavy atom. The van der Waals surface area contributed by atoms with Crippen LogP contribution in [0.15, 0.2) is 28.7 Å². The Morgan fingerprint density at radius 3 is 2.48 bits per heavy atom. The van der Waals surface area contributed by atoms with E-state index in [4.69, 9.17) is 4.42 Å². The molecule has 1 atom stereocenters. The molecule has 0 saturated carbocycles. The zero-order valence-electron chi connectivity index (χ0n) is 12.8. The maximum atomic E-state index is 12.4. The second-order valence-electron chi connectivity index (χ2n) is 5.28. The second kappa shape index (κ2) is 5.99. The SMILES string of the molecule is Cc1nc(C)c(C(=O)N(C)[C@@H](C)Cc2ccc(O)cc2)o1. The van der Waals surface area contributed by atoms with Gasteiger partial charge in [-0.05, 0) is 38.0 Å². The van der Waals surface area contributed by atoms with Gasteiger partial charge in [-0.3, -0.25) is 4.79 Å². The van der Waals surface area contributed by atoms with Crippen LogP contribution in [0.25, 0.3) is 0 Å². The number of hydrogen-bond acceptors (Lipinski definition) is 4. The molecule has 1 aromatic heterocycles. The summed E-state index contributed by atoms with van der Waals surface area (Å²) in [5, 5.41) is 9.29. The molecule has 0 aliphatic heterocycles. The number of aromatic hydroxyl groups is 1. The van der Waals surface area contributed by atoms with Gasteiger partial charge in [0.1, 0.15) is 5.75 Å². The van der Waals surface area contributed by atoms with Crippen LogP contribution < -0.4 is 0 Å². The summed E-state index contributed by atoms with van der Waals surface area (Å²) < 4.78 is 5.38. The number of likely N-dealkylation sites (N-methyl/N-ethyl adjacent to an activating group) is 1. The minimum absolute atomic E-state index is 0.00634. The molecule has 0 aliphatic rings. The van der Waals surface area contributed by atoms with Gasteiger partial charge in [-0.2, -0.15) is 0 Å². The number of benzene rings is 1. The highest BCUT2D eigenvalue weighted by molar-refractivity contribution is 5.92. The van der Waals surface area contributed by atoms with Gasteiger partial charge >= 0.3 is 0 Å². The zero-order valence-corrected chi connectivity index (χ0v) is 12.8. The van der Waals surface area contributed by atoms with Gasteiger partial charge in [0.25, 0.3) is 5.91 Å². The minimum atomic E-state index is -0.167. The highest BCUT2D eigenvalue weighted by Gasteiger charge is 2.23. The number of carbonyl (C=O) groups is 1. The molecule has 0 bridgehead atoms. The number of oxazole rings is 1. The number of carbonyl (C=O) groups excluding carboxylic acids is 1. The van der Waals surface area contributed by atoms with Crippen LogP contribution in [0.3, 0.4) is 0 Å². The van der Waals surface area contributed by atoms with E-state index in [0.717, 1.165) is 5.56 Å². The lowest BCUT2D eigenvalue weighted by Gasteiger charge is -2.24. The van der Waals surface area contributed by atoms with Crippen molar-refractivity contribution in [2.45, 2.75) is 33.2 Å². The third-order valence-electron chi connectivity index (χ3n) is 3.55. The van der Waals surface area contributed by atoms with E-state index in [1.165, 1.54) is 0 Å². The van der Waals surface area contributed by atoms with Crippen molar-refractivity contribution in [3.8, 4) is 5.75 Å². The van der Waals surface area contributed by atoms with Crippen LogP contribution in [0.4, 0.5) is 0 Å². The van der Waals surface area contributed by atoms with E-state index >= 15 is 0 Å². The van der Waals surface area contributed by atoms with Crippen LogP contribution in [0, 0.1) is 13.8 Å². The van der Waals surface area contributed by atoms with Crippen LogP contribution in [0.1, 0.15) is 34.6 Å². The molecule has 1 heterocycles. The predicted molar refractivity (Wildman–Crippen MR) is 79.3 cm³/mol. The van der Waals surface area contributed by atoms with Gasteiger partial charge < -0.3 is 14.4 Å². The lowest BCUT2D eigenvalue weighted by atomic mass is 10.1. The van der Waals surface area contributed by atoms with E-state index in [-0.39, 0.29) is 17.7 Å². The van der Waals surface area contributed by atoms with Crippen LogP contribution in [0.2, 0.25) is 0 Å². The smallest absolute Gasteiger partial charge is 0.291 e. The molecule has 0 radical (unpaired) electrons. The molecule has 0 unspecified atom stereocenters. The Hall–Kier alpha value is -2.30. The first kappa shape index (κ1) is 15.1. The van der Waals surface area contributed by atoms with Gasteiger partial charge in [-0.25, -0.2) is 4.98 Å². The molecule has 0 saturated heterocycles. The highest BCUT2D eigenvalue weighted by Crippen LogP contribution is 2.16. The molecule has 0 fully saturated rings. The first-order valence-corrected chi connectivity index (χ1v) is 6.87. The van der Waals surface area contributed by atoms with Crippen molar-refractivity contribution < 1.29 is 14.3 Å². The molecule has 0 spiro atoms. The lowest BCUT2D eigenvalue weighted by Crippen LogP contribution is -2.36. The average molecular weight is 288 g/mol. The molecular formula is C16H20N2O3. The number of amides is 1. The summed E-state index contributed by atoms with van der Waals surface area (Å²) in [5.74, 6) is 0.867. The van der Waals surface area contributed by atoms with Crippen molar-refractivity contribution in [1.29, 1.82) is 0 Å². The monoisotopic (exact) mass is 288 g/mol. The summed E-state index contributed by atoms with van der Waals surface area (Å²) >= 11 is 0. The maximum absolute atomic E-state index is 12.4. The van der Waals surface area contributed by atoms with Crippen LogP contribution in [-0.4, -0.2) is 34.0 Å². The Morgan fingerprint density at radius 2 is 1.95 bits per heavy atom. The number of hydrogen-bond donors (Lipinski definition) is 1. The largest absolute Gasteiger partial charge is 0.508 e. The Kier molecular flexibility index (Phi) is 4.31. The van der Waals surface area contributed by atoms with Gasteiger partial charge in [-0.1, -0.05) is 12.1 Å². The number of aryl methyl sites for hydroxylation is 2. The third-order valence-corrected chi connectivity index (χ3v) is 3.55. The van der Waals surface area contributed by atoms with Gasteiger partial charge in [0, 0.05) is 20.0 Å². The van der Waals surface area contributed by atoms with E-state index in [2.05, 4.69) is 4.98 Å². The molecule has 112 valence electrons. The normalized spacial score (nSPS) is 12.2. The van der Waals surface area contributed by atoms with Crippen molar-refractivity contribution in [3.63, 3.8) is 0 Å². The van der Waals surface area contributed by atoms with Gasteiger partial charge in [0.2, 0.25) is 5.76 Å². The Balaban J connectivity index is 2.08. The van der Waals surface area contributed by atoms with Crippen LogP contribution in [0.5, 0.6) is 5.75 Å². The van der Waals surface area contributed by atoms with E-state index in [1.54, 1.807) is 37.9 Å². The van der Waals surface area contributed by atoms with Crippen molar-refractivity contribution >= 4 is 5.91 Å². The summed E-state index contributed by atoms with van der Waals surface area (Å²) in [4.78, 5) is 18.2. The van der Waals surface area contributed by atoms with Gasteiger partial charge in [0.15, 0.2) is 5.89 Å². The number of phenols is 1. The number of rotatable bonds is 4. The van der Waals surface area contributed by atoms with Crippen molar-refractivity contribution in [2.75, 3.05) is 7.05 Å². The Labute approximate surface area is 124 Å². The molecule has 2 aromatic rings. The standard InChI is InChI=1S/C16H20N2O3/c1-10(9-13-5-7-14(19)8-6-13)18(4)16(20)15-11(2)17-12(3)21-15/h5-8,10,19H,9H2,1-4H3/t10-/m0/s1. The molecule has 0 aliphatic carbocycles. The summed E-state index contributed by atoms with van der Waals surface area (Å²) in [5.41, 5.74) is 1.67. The first-order valence-electron chi connectivity index (χ1n) is 6.87. The number of aromatic nitrogens is 1. The second-order valence-corrected chi connectivity index (χ2v) is 5.28. The number of nitrogens with zero attached hydrogens (tertiary/aromatic N) is 2. The van der Waals surface area contributed by atoms with Crippen molar-refractivity contribution in [1.82, 2.24) is 9.88 Å². The molecule has 21 heavy (non-hydrogen) atoms. The van der Waals surface area contributed by atoms with Crippen molar-refractivity contribution in [2.24, 2.45) is 0 Å². The summed E-state index contributed by atoms with van der Waals surface area (Å²) in [7, 11) is 1.75. The van der Waals surface area contributed by atoms with Crippen LogP contribution in [-0.2, 0) is 6.42 Å². The summed E-state index contributed by atoms with van der Waals surface area (Å²) in [6.45, 7) is 5.47. The topological polar surface area (TPSA) is 66.6 Å². The summed E-state index contributed by atoms with van der Waals surface area (Å²) in [6, 6.07) is 7.01. The summed E-state index contributed by atoms with van der Waals surface area (Å²) in [6.07, 6.45) is 0.703. The van der Waals surface area contributed by atoms with E-state index in [0.29, 0.717) is 23.8 Å². The van der Waals surface area contributed by atoms with E-state index in [1.807, 2.05) is 19.1 Å². The fraction of sp³-hybridized carbons (Fsp3) is 0.375. The zero-order chi connectivity index (χ0) is 15.6. The lowest BCUT2D eigenvalue weighted by molar-refractivity contribution is 0.0709. The van der Waals surface area contributed by atoms with Gasteiger partial charge in [0.05, 0.1) is 5.69 Å². The molecule has 5 heteroatoms. The minimum Gasteiger partial charge on any atom is -0.508 e.